The monoisotopic (exact) mass is 318 g/mol. The highest BCUT2D eigenvalue weighted by atomic mass is 32.2. The Labute approximate surface area is 127 Å². The third kappa shape index (κ3) is 3.71. The predicted octanol–water partition coefficient (Wildman–Crippen LogP) is 2.62. The molecule has 0 radical (unpaired) electrons. The van der Waals surface area contributed by atoms with E-state index in [1.54, 1.807) is 0 Å². The van der Waals surface area contributed by atoms with Gasteiger partial charge in [-0.3, -0.25) is 0 Å². The first-order valence-electron chi connectivity index (χ1n) is 7.79. The van der Waals surface area contributed by atoms with Crippen LogP contribution >= 0.6 is 12.2 Å². The summed E-state index contributed by atoms with van der Waals surface area (Å²) in [4.78, 5) is 0.318. The summed E-state index contributed by atoms with van der Waals surface area (Å²) in [5, 5.41) is -0.259. The summed E-state index contributed by atoms with van der Waals surface area (Å²) >= 11 is 5.21. The molecule has 0 heterocycles. The van der Waals surface area contributed by atoms with Gasteiger partial charge in [0.15, 0.2) is 0 Å². The van der Waals surface area contributed by atoms with E-state index in [2.05, 4.69) is 4.72 Å². The molecule has 0 aliphatic heterocycles. The van der Waals surface area contributed by atoms with Crippen LogP contribution in [0.2, 0.25) is 0 Å². The minimum atomic E-state index is -3.32. The lowest BCUT2D eigenvalue weighted by molar-refractivity contribution is 0.423. The SMILES string of the molecule is NC(=S)C1(NS(=O)(=O)C2CCCCC2)CCCCCC1. The fraction of sp³-hybridized carbons (Fsp3) is 0.929. The predicted molar refractivity (Wildman–Crippen MR) is 86.1 cm³/mol. The van der Waals surface area contributed by atoms with Gasteiger partial charge in [-0.15, -0.1) is 0 Å². The Morgan fingerprint density at radius 1 is 1.00 bits per heavy atom. The Balaban J connectivity index is 2.16. The van der Waals surface area contributed by atoms with Gasteiger partial charge in [-0.1, -0.05) is 57.2 Å². The van der Waals surface area contributed by atoms with Crippen LogP contribution in [0.4, 0.5) is 0 Å². The Kier molecular flexibility index (Phi) is 5.42. The Morgan fingerprint density at radius 2 is 1.50 bits per heavy atom. The van der Waals surface area contributed by atoms with Crippen molar-refractivity contribution in [1.29, 1.82) is 0 Å². The normalized spacial score (nSPS) is 25.0. The number of thiocarbonyl (C=S) groups is 1. The molecule has 0 bridgehead atoms. The first kappa shape index (κ1) is 16.2. The highest BCUT2D eigenvalue weighted by molar-refractivity contribution is 7.90. The number of rotatable bonds is 4. The van der Waals surface area contributed by atoms with Crippen LogP contribution in [0.3, 0.4) is 0 Å². The molecule has 2 aliphatic rings. The molecular formula is C14H26N2O2S2. The number of hydrogen-bond donors (Lipinski definition) is 2. The summed E-state index contributed by atoms with van der Waals surface area (Å²) in [5.41, 5.74) is 5.23. The molecule has 2 fully saturated rings. The molecule has 0 aromatic rings. The lowest BCUT2D eigenvalue weighted by Gasteiger charge is -2.35. The van der Waals surface area contributed by atoms with Crippen molar-refractivity contribution in [2.24, 2.45) is 5.73 Å². The third-order valence-corrected chi connectivity index (χ3v) is 7.17. The summed E-state index contributed by atoms with van der Waals surface area (Å²) < 4.78 is 28.2. The largest absolute Gasteiger partial charge is 0.392 e. The van der Waals surface area contributed by atoms with E-state index in [1.807, 2.05) is 0 Å². The van der Waals surface area contributed by atoms with E-state index in [1.165, 1.54) is 0 Å². The third-order valence-electron chi connectivity index (χ3n) is 4.76. The number of hydrogen-bond acceptors (Lipinski definition) is 3. The Morgan fingerprint density at radius 3 is 2.00 bits per heavy atom. The summed E-state index contributed by atoms with van der Waals surface area (Å²) in [6.07, 6.45) is 10.4. The fourth-order valence-corrected chi connectivity index (χ4v) is 5.76. The summed E-state index contributed by atoms with van der Waals surface area (Å²) in [6.45, 7) is 0. The smallest absolute Gasteiger partial charge is 0.215 e. The average Bonchev–Trinajstić information content (AvgIpc) is 2.66. The quantitative estimate of drug-likeness (QED) is 0.617. The van der Waals surface area contributed by atoms with E-state index in [0.29, 0.717) is 4.99 Å². The van der Waals surface area contributed by atoms with Crippen LogP contribution in [0.15, 0.2) is 0 Å². The molecule has 0 spiro atoms. The highest BCUT2D eigenvalue weighted by Crippen LogP contribution is 2.31. The van der Waals surface area contributed by atoms with Gasteiger partial charge in [-0.25, -0.2) is 13.1 Å². The average molecular weight is 319 g/mol. The molecule has 2 aliphatic carbocycles. The van der Waals surface area contributed by atoms with Gasteiger partial charge in [-0.05, 0) is 25.7 Å². The van der Waals surface area contributed by atoms with Crippen molar-refractivity contribution in [2.45, 2.75) is 81.4 Å². The van der Waals surface area contributed by atoms with Crippen LogP contribution in [0.1, 0.15) is 70.6 Å². The van der Waals surface area contributed by atoms with Gasteiger partial charge in [0.05, 0.1) is 15.8 Å². The molecule has 3 N–H and O–H groups in total. The molecule has 0 unspecified atom stereocenters. The molecule has 0 atom stereocenters. The van der Waals surface area contributed by atoms with E-state index in [-0.39, 0.29) is 5.25 Å². The van der Waals surface area contributed by atoms with Crippen molar-refractivity contribution in [2.75, 3.05) is 0 Å². The number of nitrogens with one attached hydrogen (secondary N) is 1. The van der Waals surface area contributed by atoms with Crippen LogP contribution in [-0.2, 0) is 10.0 Å². The van der Waals surface area contributed by atoms with Gasteiger partial charge in [0, 0.05) is 0 Å². The molecule has 2 saturated carbocycles. The fourth-order valence-electron chi connectivity index (χ4n) is 3.46. The molecule has 6 heteroatoms. The van der Waals surface area contributed by atoms with Crippen molar-refractivity contribution < 1.29 is 8.42 Å². The van der Waals surface area contributed by atoms with Gasteiger partial charge in [0.2, 0.25) is 10.0 Å². The number of sulfonamides is 1. The van der Waals surface area contributed by atoms with Crippen molar-refractivity contribution >= 4 is 27.2 Å². The minimum Gasteiger partial charge on any atom is -0.392 e. The summed E-state index contributed by atoms with van der Waals surface area (Å²) in [5.74, 6) is 0. The van der Waals surface area contributed by atoms with E-state index in [0.717, 1.165) is 70.6 Å². The Bertz CT molecular complexity index is 434. The van der Waals surface area contributed by atoms with E-state index in [9.17, 15) is 8.42 Å². The van der Waals surface area contributed by atoms with Crippen molar-refractivity contribution in [3.63, 3.8) is 0 Å². The second-order valence-corrected chi connectivity index (χ2v) is 8.67. The van der Waals surface area contributed by atoms with E-state index >= 15 is 0 Å². The second kappa shape index (κ2) is 6.71. The maximum absolute atomic E-state index is 12.6. The van der Waals surface area contributed by atoms with Crippen LogP contribution in [-0.4, -0.2) is 24.2 Å². The molecule has 0 amide bonds. The molecule has 0 aromatic heterocycles. The lowest BCUT2D eigenvalue weighted by Crippen LogP contribution is -2.58. The summed E-state index contributed by atoms with van der Waals surface area (Å²) in [7, 11) is -3.32. The molecule has 0 saturated heterocycles. The zero-order chi connectivity index (χ0) is 14.6. The van der Waals surface area contributed by atoms with Gasteiger partial charge in [0.25, 0.3) is 0 Å². The van der Waals surface area contributed by atoms with Crippen LogP contribution in [0, 0.1) is 0 Å². The van der Waals surface area contributed by atoms with E-state index < -0.39 is 15.6 Å². The first-order chi connectivity index (χ1) is 9.46. The van der Waals surface area contributed by atoms with Crippen molar-refractivity contribution in [3.05, 3.63) is 0 Å². The van der Waals surface area contributed by atoms with Crippen LogP contribution in [0.5, 0.6) is 0 Å². The van der Waals surface area contributed by atoms with Gasteiger partial charge < -0.3 is 5.73 Å². The Hall–Kier alpha value is -0.200. The van der Waals surface area contributed by atoms with Gasteiger partial charge in [0.1, 0.15) is 0 Å². The molecule has 2 rings (SSSR count). The molecule has 0 aromatic carbocycles. The standard InChI is InChI=1S/C14H26N2O2S2/c15-13(19)14(10-6-1-2-7-11-14)16-20(17,18)12-8-4-3-5-9-12/h12,16H,1-11H2,(H2,15,19). The van der Waals surface area contributed by atoms with Crippen molar-refractivity contribution in [1.82, 2.24) is 4.72 Å². The molecule has 20 heavy (non-hydrogen) atoms. The first-order valence-corrected chi connectivity index (χ1v) is 9.74. The second-order valence-electron chi connectivity index (χ2n) is 6.27. The van der Waals surface area contributed by atoms with Crippen LogP contribution in [0.25, 0.3) is 0 Å². The van der Waals surface area contributed by atoms with Gasteiger partial charge in [-0.2, -0.15) is 0 Å². The van der Waals surface area contributed by atoms with Crippen molar-refractivity contribution in [3.8, 4) is 0 Å². The minimum absolute atomic E-state index is 0.259. The maximum atomic E-state index is 12.6. The summed E-state index contributed by atoms with van der Waals surface area (Å²) in [6, 6.07) is 0. The van der Waals surface area contributed by atoms with Gasteiger partial charge >= 0.3 is 0 Å². The zero-order valence-electron chi connectivity index (χ0n) is 12.1. The lowest BCUT2D eigenvalue weighted by atomic mass is 9.91. The highest BCUT2D eigenvalue weighted by Gasteiger charge is 2.40. The van der Waals surface area contributed by atoms with E-state index in [4.69, 9.17) is 18.0 Å². The molecule has 116 valence electrons. The topological polar surface area (TPSA) is 72.2 Å². The zero-order valence-corrected chi connectivity index (χ0v) is 13.7. The number of nitrogens with two attached hydrogens (primary N) is 1. The molecular weight excluding hydrogens is 292 g/mol. The van der Waals surface area contributed by atoms with Crippen LogP contribution < -0.4 is 10.5 Å². The molecule has 4 nitrogen and oxygen atoms in total. The maximum Gasteiger partial charge on any atom is 0.215 e.